The first-order valence-electron chi connectivity index (χ1n) is 6.51. The minimum Gasteiger partial charge on any atom is -0.314 e. The summed E-state index contributed by atoms with van der Waals surface area (Å²) in [5.74, 6) is 0.259. The Morgan fingerprint density at radius 3 is 2.71 bits per heavy atom. The Balaban J connectivity index is 2.31. The molecule has 2 aromatic rings. The summed E-state index contributed by atoms with van der Waals surface area (Å²) in [4.78, 5) is 4.47. The summed E-state index contributed by atoms with van der Waals surface area (Å²) < 4.78 is 27.6. The second kappa shape index (κ2) is 6.12. The number of rotatable bonds is 6. The highest BCUT2D eigenvalue weighted by Gasteiger charge is 2.25. The molecule has 0 aromatic carbocycles. The average Bonchev–Trinajstić information content (AvgIpc) is 2.97. The molecule has 2 heterocycles. The van der Waals surface area contributed by atoms with Gasteiger partial charge in [0.05, 0.1) is 17.1 Å². The van der Waals surface area contributed by atoms with Crippen molar-refractivity contribution in [1.82, 2.24) is 20.5 Å². The fourth-order valence-electron chi connectivity index (χ4n) is 1.88. The summed E-state index contributed by atoms with van der Waals surface area (Å²) in [6, 6.07) is 0. The molecule has 0 atom stereocenters. The zero-order valence-corrected chi connectivity index (χ0v) is 14.0. The molecule has 0 aliphatic carbocycles. The van der Waals surface area contributed by atoms with E-state index in [1.54, 1.807) is 14.0 Å². The van der Waals surface area contributed by atoms with Crippen molar-refractivity contribution in [2.24, 2.45) is 0 Å². The minimum atomic E-state index is -3.70. The van der Waals surface area contributed by atoms with Crippen LogP contribution in [0.25, 0.3) is 0 Å². The molecule has 0 unspecified atom stereocenters. The normalized spacial score (nSPS) is 12.0. The summed E-state index contributed by atoms with van der Waals surface area (Å²) >= 11 is 1.28. The van der Waals surface area contributed by atoms with Gasteiger partial charge in [0.2, 0.25) is 0 Å². The average molecular weight is 329 g/mol. The van der Waals surface area contributed by atoms with Crippen LogP contribution >= 0.6 is 11.3 Å². The van der Waals surface area contributed by atoms with Gasteiger partial charge in [0.1, 0.15) is 4.90 Å². The highest BCUT2D eigenvalue weighted by molar-refractivity contribution is 7.93. The molecule has 0 aliphatic rings. The lowest BCUT2D eigenvalue weighted by Gasteiger charge is -2.06. The van der Waals surface area contributed by atoms with Crippen LogP contribution in [-0.2, 0) is 16.6 Å². The van der Waals surface area contributed by atoms with Gasteiger partial charge >= 0.3 is 0 Å². The first kappa shape index (κ1) is 15.9. The largest absolute Gasteiger partial charge is 0.314 e. The van der Waals surface area contributed by atoms with Crippen LogP contribution in [0.4, 0.5) is 5.13 Å². The standard InChI is InChI=1S/C12H19N5O2S2/c1-7(2)10-6-20-12(14-10)17-21(18,19)11-8(3)15-16-9(11)5-13-4/h6-7,13H,5H2,1-4H3,(H,14,17)(H,15,16). The first-order valence-corrected chi connectivity index (χ1v) is 8.88. The van der Waals surface area contributed by atoms with Crippen LogP contribution < -0.4 is 10.0 Å². The van der Waals surface area contributed by atoms with E-state index in [0.717, 1.165) is 5.69 Å². The number of aromatic amines is 1. The third kappa shape index (κ3) is 3.42. The maximum absolute atomic E-state index is 12.5. The Morgan fingerprint density at radius 2 is 2.14 bits per heavy atom. The fourth-order valence-corrected chi connectivity index (χ4v) is 4.37. The Morgan fingerprint density at radius 1 is 1.43 bits per heavy atom. The van der Waals surface area contributed by atoms with Crippen molar-refractivity contribution in [2.75, 3.05) is 11.8 Å². The van der Waals surface area contributed by atoms with Crippen molar-refractivity contribution in [3.8, 4) is 0 Å². The number of aryl methyl sites for hydroxylation is 1. The van der Waals surface area contributed by atoms with E-state index >= 15 is 0 Å². The maximum atomic E-state index is 12.5. The molecule has 0 saturated heterocycles. The molecular formula is C12H19N5O2S2. The number of anilines is 1. The molecule has 9 heteroatoms. The van der Waals surface area contributed by atoms with Crippen molar-refractivity contribution in [1.29, 1.82) is 0 Å². The number of hydrogen-bond donors (Lipinski definition) is 3. The summed E-state index contributed by atoms with van der Waals surface area (Å²) in [6.45, 7) is 6.08. The summed E-state index contributed by atoms with van der Waals surface area (Å²) in [7, 11) is -1.96. The molecule has 116 valence electrons. The summed E-state index contributed by atoms with van der Waals surface area (Å²) in [6.07, 6.45) is 0. The molecule has 0 saturated carbocycles. The number of aromatic nitrogens is 3. The predicted octanol–water partition coefficient (Wildman–Crippen LogP) is 1.82. The lowest BCUT2D eigenvalue weighted by atomic mass is 10.2. The number of thiazole rings is 1. The molecule has 0 amide bonds. The highest BCUT2D eigenvalue weighted by atomic mass is 32.2. The van der Waals surface area contributed by atoms with Gasteiger partial charge in [-0.15, -0.1) is 11.3 Å². The molecule has 0 fully saturated rings. The van der Waals surface area contributed by atoms with Crippen LogP contribution in [0.2, 0.25) is 0 Å². The van der Waals surface area contributed by atoms with E-state index in [2.05, 4.69) is 25.2 Å². The van der Waals surface area contributed by atoms with E-state index in [0.29, 0.717) is 23.1 Å². The lowest BCUT2D eigenvalue weighted by molar-refractivity contribution is 0.598. The molecule has 0 spiro atoms. The smallest absolute Gasteiger partial charge is 0.267 e. The third-order valence-electron chi connectivity index (χ3n) is 2.91. The van der Waals surface area contributed by atoms with Gasteiger partial charge < -0.3 is 5.32 Å². The van der Waals surface area contributed by atoms with E-state index in [4.69, 9.17) is 0 Å². The van der Waals surface area contributed by atoms with Crippen LogP contribution in [0.3, 0.4) is 0 Å². The van der Waals surface area contributed by atoms with Crippen LogP contribution in [0.5, 0.6) is 0 Å². The maximum Gasteiger partial charge on any atom is 0.267 e. The van der Waals surface area contributed by atoms with Crippen LogP contribution in [0.15, 0.2) is 10.3 Å². The van der Waals surface area contributed by atoms with Crippen molar-refractivity contribution >= 4 is 26.5 Å². The van der Waals surface area contributed by atoms with Crippen molar-refractivity contribution in [2.45, 2.75) is 38.1 Å². The van der Waals surface area contributed by atoms with Crippen LogP contribution in [-0.4, -0.2) is 30.6 Å². The molecule has 0 radical (unpaired) electrons. The number of H-pyrrole nitrogens is 1. The molecule has 2 aromatic heterocycles. The van der Waals surface area contributed by atoms with E-state index in [1.165, 1.54) is 11.3 Å². The van der Waals surface area contributed by atoms with Gasteiger partial charge in [-0.1, -0.05) is 13.8 Å². The predicted molar refractivity (Wildman–Crippen MR) is 83.1 cm³/mol. The zero-order valence-electron chi connectivity index (χ0n) is 12.4. The minimum absolute atomic E-state index is 0.179. The molecule has 2 rings (SSSR count). The zero-order chi connectivity index (χ0) is 15.6. The van der Waals surface area contributed by atoms with Crippen molar-refractivity contribution < 1.29 is 8.42 Å². The highest BCUT2D eigenvalue weighted by Crippen LogP contribution is 2.25. The second-order valence-electron chi connectivity index (χ2n) is 4.99. The number of nitrogens with one attached hydrogen (secondary N) is 3. The van der Waals surface area contributed by atoms with Gasteiger partial charge in [-0.3, -0.25) is 9.82 Å². The van der Waals surface area contributed by atoms with Crippen LogP contribution in [0.1, 0.15) is 36.8 Å². The molecule has 21 heavy (non-hydrogen) atoms. The van der Waals surface area contributed by atoms with Crippen molar-refractivity contribution in [3.05, 3.63) is 22.5 Å². The SMILES string of the molecule is CNCc1n[nH]c(C)c1S(=O)(=O)Nc1nc(C(C)C)cs1. The summed E-state index contributed by atoms with van der Waals surface area (Å²) in [5.41, 5.74) is 1.84. The molecule has 3 N–H and O–H groups in total. The van der Waals surface area contributed by atoms with E-state index < -0.39 is 10.0 Å². The monoisotopic (exact) mass is 329 g/mol. The van der Waals surface area contributed by atoms with Crippen molar-refractivity contribution in [3.63, 3.8) is 0 Å². The molecular weight excluding hydrogens is 310 g/mol. The molecule has 0 bridgehead atoms. The molecule has 0 aliphatic heterocycles. The van der Waals surface area contributed by atoms with Crippen LogP contribution in [0, 0.1) is 6.92 Å². The quantitative estimate of drug-likeness (QED) is 0.750. The van der Waals surface area contributed by atoms with E-state index in [9.17, 15) is 8.42 Å². The first-order chi connectivity index (χ1) is 9.85. The third-order valence-corrected chi connectivity index (χ3v) is 5.36. The Kier molecular flexibility index (Phi) is 4.64. The Hall–Kier alpha value is -1.45. The Labute approximate surface area is 128 Å². The van der Waals surface area contributed by atoms with Gasteiger partial charge in [-0.05, 0) is 19.9 Å². The van der Waals surface area contributed by atoms with E-state index in [-0.39, 0.29) is 10.8 Å². The lowest BCUT2D eigenvalue weighted by Crippen LogP contribution is -2.17. The van der Waals surface area contributed by atoms with Gasteiger partial charge in [0.15, 0.2) is 5.13 Å². The topological polar surface area (TPSA) is 99.8 Å². The summed E-state index contributed by atoms with van der Waals surface area (Å²) in [5, 5.41) is 11.9. The Bertz CT molecular complexity index is 718. The van der Waals surface area contributed by atoms with Gasteiger partial charge in [0.25, 0.3) is 10.0 Å². The second-order valence-corrected chi connectivity index (χ2v) is 7.47. The fraction of sp³-hybridized carbons (Fsp3) is 0.500. The van der Waals surface area contributed by atoms with E-state index in [1.807, 2.05) is 19.2 Å². The number of nitrogens with zero attached hydrogens (tertiary/aromatic N) is 2. The van der Waals surface area contributed by atoms with Gasteiger partial charge in [0, 0.05) is 11.9 Å². The number of hydrogen-bond acceptors (Lipinski definition) is 6. The number of sulfonamides is 1. The van der Waals surface area contributed by atoms with Gasteiger partial charge in [-0.2, -0.15) is 5.10 Å². The molecule has 7 nitrogen and oxygen atoms in total. The van der Waals surface area contributed by atoms with Gasteiger partial charge in [-0.25, -0.2) is 13.4 Å².